The van der Waals surface area contributed by atoms with Crippen LogP contribution in [0.5, 0.6) is 0 Å². The number of nitrogens with one attached hydrogen (secondary N) is 1. The van der Waals surface area contributed by atoms with Gasteiger partial charge in [0.2, 0.25) is 0 Å². The maximum atomic E-state index is 5.59. The molecule has 1 aliphatic heterocycles. The lowest BCUT2D eigenvalue weighted by Gasteiger charge is -2.25. The third kappa shape index (κ3) is 3.05. The smallest absolute Gasteiger partial charge is 0.165 e. The molecule has 136 valence electrons. The molecule has 0 unspecified atom stereocenters. The highest BCUT2D eigenvalue weighted by Crippen LogP contribution is 2.26. The topological polar surface area (TPSA) is 93.9 Å². The summed E-state index contributed by atoms with van der Waals surface area (Å²) >= 11 is 0. The van der Waals surface area contributed by atoms with Crippen LogP contribution in [0.3, 0.4) is 0 Å². The summed E-state index contributed by atoms with van der Waals surface area (Å²) in [5.41, 5.74) is 2.54. The van der Waals surface area contributed by atoms with Crippen molar-refractivity contribution < 1.29 is 4.74 Å². The van der Waals surface area contributed by atoms with E-state index in [1.807, 2.05) is 24.6 Å². The standard InChI is InChI=1S/C17H22N8O/c1-11-4-14(20-8-19-11)25-7-13(26-3)5-12(25)6-18-16-15-17(22-9-21-16)24(2)10-23-15/h4,8-10,12-13H,5-7H2,1-3H3,(H,18,21,22)/t12-,13-/m0/s1. The number of hydrogen-bond acceptors (Lipinski definition) is 8. The quantitative estimate of drug-likeness (QED) is 0.730. The van der Waals surface area contributed by atoms with Gasteiger partial charge in [-0.25, -0.2) is 24.9 Å². The molecule has 2 atom stereocenters. The molecule has 0 saturated carbocycles. The molecule has 1 aliphatic rings. The summed E-state index contributed by atoms with van der Waals surface area (Å²) in [6, 6.07) is 2.25. The van der Waals surface area contributed by atoms with E-state index in [2.05, 4.69) is 35.1 Å². The molecule has 0 aromatic carbocycles. The van der Waals surface area contributed by atoms with Crippen LogP contribution in [-0.2, 0) is 11.8 Å². The average molecular weight is 354 g/mol. The molecule has 3 aromatic rings. The van der Waals surface area contributed by atoms with Crippen LogP contribution in [0, 0.1) is 6.92 Å². The molecule has 0 bridgehead atoms. The number of fused-ring (bicyclic) bond motifs is 1. The average Bonchev–Trinajstić information content (AvgIpc) is 3.24. The highest BCUT2D eigenvalue weighted by molar-refractivity contribution is 5.82. The van der Waals surface area contributed by atoms with Gasteiger partial charge < -0.3 is 19.5 Å². The third-order valence-corrected chi connectivity index (χ3v) is 4.80. The first-order valence-electron chi connectivity index (χ1n) is 8.59. The molecule has 0 amide bonds. The van der Waals surface area contributed by atoms with E-state index >= 15 is 0 Å². The molecular weight excluding hydrogens is 332 g/mol. The van der Waals surface area contributed by atoms with E-state index in [-0.39, 0.29) is 12.1 Å². The van der Waals surface area contributed by atoms with Gasteiger partial charge in [0.25, 0.3) is 0 Å². The normalized spacial score (nSPS) is 20.0. The summed E-state index contributed by atoms with van der Waals surface area (Å²) in [6.45, 7) is 3.49. The van der Waals surface area contributed by atoms with Crippen LogP contribution in [0.2, 0.25) is 0 Å². The largest absolute Gasteiger partial charge is 0.380 e. The van der Waals surface area contributed by atoms with Gasteiger partial charge in [-0.2, -0.15) is 0 Å². The van der Waals surface area contributed by atoms with Gasteiger partial charge in [0, 0.05) is 39.0 Å². The fraction of sp³-hybridized carbons (Fsp3) is 0.471. The molecule has 26 heavy (non-hydrogen) atoms. The van der Waals surface area contributed by atoms with Gasteiger partial charge >= 0.3 is 0 Å². The van der Waals surface area contributed by atoms with Crippen molar-refractivity contribution in [2.75, 3.05) is 30.4 Å². The molecule has 0 aliphatic carbocycles. The van der Waals surface area contributed by atoms with E-state index in [4.69, 9.17) is 4.74 Å². The number of aromatic nitrogens is 6. The fourth-order valence-electron chi connectivity index (χ4n) is 3.41. The third-order valence-electron chi connectivity index (χ3n) is 4.80. The van der Waals surface area contributed by atoms with Crippen LogP contribution in [0.15, 0.2) is 25.0 Å². The van der Waals surface area contributed by atoms with Crippen LogP contribution in [0.25, 0.3) is 11.2 Å². The molecule has 4 heterocycles. The van der Waals surface area contributed by atoms with E-state index in [0.717, 1.165) is 41.5 Å². The van der Waals surface area contributed by atoms with Crippen molar-refractivity contribution in [3.8, 4) is 0 Å². The highest BCUT2D eigenvalue weighted by atomic mass is 16.5. The summed E-state index contributed by atoms with van der Waals surface area (Å²) in [5.74, 6) is 1.67. The van der Waals surface area contributed by atoms with E-state index in [9.17, 15) is 0 Å². The van der Waals surface area contributed by atoms with Crippen molar-refractivity contribution in [3.05, 3.63) is 30.7 Å². The van der Waals surface area contributed by atoms with Crippen LogP contribution < -0.4 is 10.2 Å². The Balaban J connectivity index is 1.55. The van der Waals surface area contributed by atoms with Gasteiger partial charge in [-0.1, -0.05) is 0 Å². The second kappa shape index (κ2) is 6.83. The molecule has 9 nitrogen and oxygen atoms in total. The van der Waals surface area contributed by atoms with Crippen LogP contribution in [-0.4, -0.2) is 61.8 Å². The molecule has 4 rings (SSSR count). The first kappa shape index (κ1) is 16.6. The van der Waals surface area contributed by atoms with Crippen molar-refractivity contribution in [2.45, 2.75) is 25.5 Å². The van der Waals surface area contributed by atoms with Gasteiger partial charge in [0.05, 0.1) is 18.5 Å². The predicted molar refractivity (Wildman–Crippen MR) is 98.1 cm³/mol. The number of imidazole rings is 1. The Bertz CT molecular complexity index is 911. The molecule has 1 saturated heterocycles. The number of aryl methyl sites for hydroxylation is 2. The Morgan fingerprint density at radius 1 is 1.19 bits per heavy atom. The minimum absolute atomic E-state index is 0.178. The van der Waals surface area contributed by atoms with Gasteiger partial charge in [-0.3, -0.25) is 0 Å². The number of nitrogens with zero attached hydrogens (tertiary/aromatic N) is 7. The van der Waals surface area contributed by atoms with E-state index in [0.29, 0.717) is 6.54 Å². The monoisotopic (exact) mass is 354 g/mol. The molecule has 1 fully saturated rings. The zero-order valence-electron chi connectivity index (χ0n) is 15.1. The summed E-state index contributed by atoms with van der Waals surface area (Å²) in [6.07, 6.45) is 6.01. The molecule has 0 spiro atoms. The van der Waals surface area contributed by atoms with Crippen LogP contribution >= 0.6 is 0 Å². The molecule has 3 aromatic heterocycles. The molecule has 0 radical (unpaired) electrons. The van der Waals surface area contributed by atoms with Crippen LogP contribution in [0.1, 0.15) is 12.1 Å². The maximum Gasteiger partial charge on any atom is 0.165 e. The first-order chi connectivity index (χ1) is 12.7. The minimum atomic E-state index is 0.178. The maximum absolute atomic E-state index is 5.59. The highest BCUT2D eigenvalue weighted by Gasteiger charge is 2.33. The Hall–Kier alpha value is -2.81. The van der Waals surface area contributed by atoms with E-state index in [1.54, 1.807) is 26.1 Å². The van der Waals surface area contributed by atoms with Gasteiger partial charge in [0.1, 0.15) is 24.0 Å². The molecule has 1 N–H and O–H groups in total. The Morgan fingerprint density at radius 3 is 2.85 bits per heavy atom. The zero-order chi connectivity index (χ0) is 18.1. The first-order valence-corrected chi connectivity index (χ1v) is 8.59. The molecular formula is C17H22N8O. The fourth-order valence-corrected chi connectivity index (χ4v) is 3.41. The Morgan fingerprint density at radius 2 is 2.04 bits per heavy atom. The minimum Gasteiger partial charge on any atom is -0.380 e. The Kier molecular flexibility index (Phi) is 4.37. The number of ether oxygens (including phenoxy) is 1. The van der Waals surface area contributed by atoms with Crippen molar-refractivity contribution in [1.82, 2.24) is 29.5 Å². The lowest BCUT2D eigenvalue weighted by molar-refractivity contribution is 0.118. The van der Waals surface area contributed by atoms with E-state index in [1.165, 1.54) is 0 Å². The number of rotatable bonds is 5. The van der Waals surface area contributed by atoms with E-state index < -0.39 is 0 Å². The lowest BCUT2D eigenvalue weighted by Crippen LogP contribution is -2.36. The summed E-state index contributed by atoms with van der Waals surface area (Å²) in [4.78, 5) is 23.9. The van der Waals surface area contributed by atoms with Gasteiger partial charge in [-0.05, 0) is 13.3 Å². The molecule has 9 heteroatoms. The van der Waals surface area contributed by atoms with Crippen molar-refractivity contribution in [3.63, 3.8) is 0 Å². The van der Waals surface area contributed by atoms with Crippen molar-refractivity contribution >= 4 is 22.8 Å². The Labute approximate surface area is 151 Å². The van der Waals surface area contributed by atoms with Crippen LogP contribution in [0.4, 0.5) is 11.6 Å². The summed E-state index contributed by atoms with van der Waals surface area (Å²) in [5, 5.41) is 3.43. The summed E-state index contributed by atoms with van der Waals surface area (Å²) in [7, 11) is 3.68. The van der Waals surface area contributed by atoms with Gasteiger partial charge in [-0.15, -0.1) is 0 Å². The van der Waals surface area contributed by atoms with Gasteiger partial charge in [0.15, 0.2) is 11.5 Å². The van der Waals surface area contributed by atoms with Crippen molar-refractivity contribution in [1.29, 1.82) is 0 Å². The second-order valence-corrected chi connectivity index (χ2v) is 6.55. The summed E-state index contributed by atoms with van der Waals surface area (Å²) < 4.78 is 7.48. The second-order valence-electron chi connectivity index (χ2n) is 6.55. The lowest BCUT2D eigenvalue weighted by atomic mass is 10.2. The SMILES string of the molecule is CO[C@H]1C[C@@H](CNc2ncnc3c2ncn3C)N(c2cc(C)ncn2)C1. The number of methoxy groups -OCH3 is 1. The zero-order valence-corrected chi connectivity index (χ0v) is 15.1. The predicted octanol–water partition coefficient (Wildman–Crippen LogP) is 1.17. The number of anilines is 2. The number of hydrogen-bond donors (Lipinski definition) is 1. The van der Waals surface area contributed by atoms with Crippen molar-refractivity contribution in [2.24, 2.45) is 7.05 Å².